The minimum absolute atomic E-state index is 0.0712. The molecule has 3 aromatic carbocycles. The molecular formula is C26H28N2O6S. The summed E-state index contributed by atoms with van der Waals surface area (Å²) < 4.78 is 51.2. The highest BCUT2D eigenvalue weighted by Gasteiger charge is 2.24. The molecule has 1 fully saturated rings. The van der Waals surface area contributed by atoms with E-state index in [0.29, 0.717) is 42.8 Å². The van der Waals surface area contributed by atoms with E-state index in [4.69, 9.17) is 18.9 Å². The molecule has 0 radical (unpaired) electrons. The average molecular weight is 497 g/mol. The van der Waals surface area contributed by atoms with Gasteiger partial charge in [0.2, 0.25) is 16.8 Å². The molecule has 1 N–H and O–H groups in total. The third kappa shape index (κ3) is 5.94. The Morgan fingerprint density at radius 2 is 1.60 bits per heavy atom. The predicted molar refractivity (Wildman–Crippen MR) is 131 cm³/mol. The molecule has 0 aliphatic carbocycles. The van der Waals surface area contributed by atoms with Gasteiger partial charge in [0.1, 0.15) is 11.5 Å². The minimum atomic E-state index is -3.71. The maximum absolute atomic E-state index is 13.1. The number of morpholine rings is 1. The number of para-hydroxylation sites is 1. The van der Waals surface area contributed by atoms with E-state index in [1.807, 2.05) is 48.5 Å². The minimum Gasteiger partial charge on any atom is -0.457 e. The lowest BCUT2D eigenvalue weighted by molar-refractivity contribution is 0.0352. The van der Waals surface area contributed by atoms with Crippen LogP contribution in [-0.4, -0.2) is 59.5 Å². The molecule has 1 atom stereocenters. The lowest BCUT2D eigenvalue weighted by Gasteiger charge is -2.31. The highest BCUT2D eigenvalue weighted by Crippen LogP contribution is 2.35. The van der Waals surface area contributed by atoms with Crippen molar-refractivity contribution in [2.45, 2.75) is 10.8 Å². The van der Waals surface area contributed by atoms with Gasteiger partial charge in [0.15, 0.2) is 11.5 Å². The van der Waals surface area contributed by atoms with E-state index in [2.05, 4.69) is 9.62 Å². The molecule has 3 aromatic rings. The van der Waals surface area contributed by atoms with Gasteiger partial charge in [-0.3, -0.25) is 4.90 Å². The van der Waals surface area contributed by atoms with Gasteiger partial charge in [-0.15, -0.1) is 0 Å². The topological polar surface area (TPSA) is 86.3 Å². The number of nitrogens with zero attached hydrogens (tertiary/aromatic N) is 1. The largest absolute Gasteiger partial charge is 0.457 e. The van der Waals surface area contributed by atoms with Crippen molar-refractivity contribution in [2.75, 3.05) is 46.2 Å². The van der Waals surface area contributed by atoms with Gasteiger partial charge in [0.25, 0.3) is 0 Å². The van der Waals surface area contributed by atoms with Crippen LogP contribution < -0.4 is 18.9 Å². The van der Waals surface area contributed by atoms with Gasteiger partial charge in [-0.1, -0.05) is 24.3 Å². The van der Waals surface area contributed by atoms with Gasteiger partial charge in [-0.2, -0.15) is 0 Å². The van der Waals surface area contributed by atoms with Crippen molar-refractivity contribution in [3.05, 3.63) is 78.4 Å². The lowest BCUT2D eigenvalue weighted by atomic mass is 9.98. The highest BCUT2D eigenvalue weighted by atomic mass is 32.2. The zero-order valence-corrected chi connectivity index (χ0v) is 20.1. The van der Waals surface area contributed by atoms with Crippen LogP contribution in [-0.2, 0) is 14.8 Å². The summed E-state index contributed by atoms with van der Waals surface area (Å²) in [6, 6.07) is 21.6. The molecular weight excluding hydrogens is 468 g/mol. The molecule has 5 rings (SSSR count). The number of fused-ring (bicyclic) bond motifs is 1. The number of nitrogens with one attached hydrogen (secondary N) is 1. The molecule has 8 nitrogen and oxygen atoms in total. The van der Waals surface area contributed by atoms with Crippen molar-refractivity contribution in [2.24, 2.45) is 0 Å². The smallest absolute Gasteiger partial charge is 0.240 e. The standard InChI is InChI=1S/C26H28N2O6S/c29-35(30,24-9-7-23(8-10-24)34-22-4-2-1-3-5-22)27-17-21(18-28-12-14-31-15-13-28)20-6-11-25-26(16-20)33-19-32-25/h1-11,16,21,27H,12-15,17-19H2. The number of benzene rings is 3. The molecule has 1 unspecified atom stereocenters. The van der Waals surface area contributed by atoms with Crippen LogP contribution in [0.15, 0.2) is 77.7 Å². The molecule has 1 saturated heterocycles. The molecule has 2 heterocycles. The van der Waals surface area contributed by atoms with Crippen LogP contribution in [0.2, 0.25) is 0 Å². The zero-order valence-electron chi connectivity index (χ0n) is 19.3. The molecule has 0 aromatic heterocycles. The third-order valence-corrected chi connectivity index (χ3v) is 7.52. The van der Waals surface area contributed by atoms with Gasteiger partial charge in [0, 0.05) is 32.1 Å². The van der Waals surface area contributed by atoms with Crippen LogP contribution >= 0.6 is 0 Å². The number of hydrogen-bond acceptors (Lipinski definition) is 7. The normalized spacial score (nSPS) is 16.7. The van der Waals surface area contributed by atoms with E-state index in [9.17, 15) is 8.42 Å². The van der Waals surface area contributed by atoms with Crippen LogP contribution in [0.1, 0.15) is 11.5 Å². The second-order valence-corrected chi connectivity index (χ2v) is 10.2. The van der Waals surface area contributed by atoms with E-state index < -0.39 is 10.0 Å². The maximum atomic E-state index is 13.1. The second kappa shape index (κ2) is 10.7. The summed E-state index contributed by atoms with van der Waals surface area (Å²) in [6.45, 7) is 4.14. The maximum Gasteiger partial charge on any atom is 0.240 e. The first-order valence-corrected chi connectivity index (χ1v) is 13.1. The van der Waals surface area contributed by atoms with Gasteiger partial charge >= 0.3 is 0 Å². The number of rotatable bonds is 9. The molecule has 2 aliphatic heterocycles. The van der Waals surface area contributed by atoms with E-state index in [1.165, 1.54) is 0 Å². The molecule has 35 heavy (non-hydrogen) atoms. The first-order chi connectivity index (χ1) is 17.1. The molecule has 0 amide bonds. The SMILES string of the molecule is O=S(=O)(NCC(CN1CCOCC1)c1ccc2c(c1)OCO2)c1ccc(Oc2ccccc2)cc1. The average Bonchev–Trinajstić information content (AvgIpc) is 3.36. The van der Waals surface area contributed by atoms with E-state index in [0.717, 1.165) is 18.7 Å². The monoisotopic (exact) mass is 496 g/mol. The van der Waals surface area contributed by atoms with Crippen LogP contribution in [0.3, 0.4) is 0 Å². The zero-order chi connectivity index (χ0) is 24.1. The van der Waals surface area contributed by atoms with Gasteiger partial charge in [0.05, 0.1) is 18.1 Å². The summed E-state index contributed by atoms with van der Waals surface area (Å²) in [6.07, 6.45) is 0. The molecule has 184 valence electrons. The Morgan fingerprint density at radius 1 is 0.886 bits per heavy atom. The van der Waals surface area contributed by atoms with Crippen LogP contribution in [0, 0.1) is 0 Å². The van der Waals surface area contributed by atoms with Crippen molar-refractivity contribution in [3.63, 3.8) is 0 Å². The van der Waals surface area contributed by atoms with Crippen molar-refractivity contribution in [3.8, 4) is 23.0 Å². The lowest BCUT2D eigenvalue weighted by Crippen LogP contribution is -2.41. The molecule has 0 bridgehead atoms. The van der Waals surface area contributed by atoms with Crippen LogP contribution in [0.5, 0.6) is 23.0 Å². The summed E-state index contributed by atoms with van der Waals surface area (Å²) in [4.78, 5) is 2.48. The summed E-state index contributed by atoms with van der Waals surface area (Å²) >= 11 is 0. The van der Waals surface area contributed by atoms with Crippen LogP contribution in [0.25, 0.3) is 0 Å². The first-order valence-electron chi connectivity index (χ1n) is 11.6. The second-order valence-electron chi connectivity index (χ2n) is 8.46. The highest BCUT2D eigenvalue weighted by molar-refractivity contribution is 7.89. The summed E-state index contributed by atoms with van der Waals surface area (Å²) in [5.41, 5.74) is 0.995. The van der Waals surface area contributed by atoms with Crippen molar-refractivity contribution < 1.29 is 27.4 Å². The Bertz CT molecular complexity index is 1230. The van der Waals surface area contributed by atoms with Crippen molar-refractivity contribution in [1.29, 1.82) is 0 Å². The number of hydrogen-bond donors (Lipinski definition) is 1. The fourth-order valence-electron chi connectivity index (χ4n) is 4.16. The fraction of sp³-hybridized carbons (Fsp3) is 0.308. The van der Waals surface area contributed by atoms with Gasteiger partial charge in [-0.05, 0) is 54.1 Å². The predicted octanol–water partition coefficient (Wildman–Crippen LogP) is 3.60. The molecule has 0 saturated carbocycles. The number of ether oxygens (including phenoxy) is 4. The summed E-state index contributed by atoms with van der Waals surface area (Å²) in [5.74, 6) is 2.58. The third-order valence-electron chi connectivity index (χ3n) is 6.08. The van der Waals surface area contributed by atoms with Crippen LogP contribution in [0.4, 0.5) is 0 Å². The Kier molecular flexibility index (Phi) is 7.19. The van der Waals surface area contributed by atoms with E-state index in [-0.39, 0.29) is 24.2 Å². The molecule has 0 spiro atoms. The number of sulfonamides is 1. The van der Waals surface area contributed by atoms with Crippen molar-refractivity contribution >= 4 is 10.0 Å². The van der Waals surface area contributed by atoms with Gasteiger partial charge in [-0.25, -0.2) is 13.1 Å². The van der Waals surface area contributed by atoms with E-state index in [1.54, 1.807) is 24.3 Å². The summed E-state index contributed by atoms with van der Waals surface area (Å²) in [5, 5.41) is 0. The quantitative estimate of drug-likeness (QED) is 0.484. The molecule has 2 aliphatic rings. The fourth-order valence-corrected chi connectivity index (χ4v) is 5.24. The van der Waals surface area contributed by atoms with E-state index >= 15 is 0 Å². The Morgan fingerprint density at radius 3 is 2.37 bits per heavy atom. The Labute approximate surface area is 205 Å². The first kappa shape index (κ1) is 23.6. The Balaban J connectivity index is 1.28. The van der Waals surface area contributed by atoms with Gasteiger partial charge < -0.3 is 18.9 Å². The molecule has 9 heteroatoms. The Hall–Kier alpha value is -3.11. The van der Waals surface area contributed by atoms with Crippen molar-refractivity contribution in [1.82, 2.24) is 9.62 Å². The summed E-state index contributed by atoms with van der Waals surface area (Å²) in [7, 11) is -3.71.